The lowest BCUT2D eigenvalue weighted by atomic mass is 10.3. The van der Waals surface area contributed by atoms with E-state index in [-0.39, 0.29) is 11.1 Å². The van der Waals surface area contributed by atoms with Crippen molar-refractivity contribution >= 4 is 22.4 Å². The predicted molar refractivity (Wildman–Crippen MR) is 61.2 cm³/mol. The molecule has 84 valence electrons. The van der Waals surface area contributed by atoms with Crippen LogP contribution in [0.2, 0.25) is 5.02 Å². The molecule has 5 heteroatoms. The third kappa shape index (κ3) is 3.55. The molecule has 2 atom stereocenters. The highest BCUT2D eigenvalue weighted by Crippen LogP contribution is 2.18. The van der Waals surface area contributed by atoms with Crippen LogP contribution in [0.5, 0.6) is 0 Å². The molecule has 0 aliphatic carbocycles. The molecule has 0 fully saturated rings. The standard InChI is InChI=1S/C10H13ClFNOS/c1-7(13-2)6-15(14)8-3-4-10(12)9(11)5-8/h3-5,7,13H,6H2,1-2H3. The van der Waals surface area contributed by atoms with E-state index >= 15 is 0 Å². The maximum Gasteiger partial charge on any atom is 0.141 e. The number of nitrogens with one attached hydrogen (secondary N) is 1. The van der Waals surface area contributed by atoms with Crippen molar-refractivity contribution in [3.63, 3.8) is 0 Å². The second-order valence-electron chi connectivity index (χ2n) is 3.28. The van der Waals surface area contributed by atoms with Gasteiger partial charge >= 0.3 is 0 Å². The fraction of sp³-hybridized carbons (Fsp3) is 0.400. The van der Waals surface area contributed by atoms with Crippen LogP contribution in [0.25, 0.3) is 0 Å². The van der Waals surface area contributed by atoms with Gasteiger partial charge in [-0.3, -0.25) is 4.21 Å². The number of hydrogen-bond donors (Lipinski definition) is 1. The molecule has 0 saturated heterocycles. The van der Waals surface area contributed by atoms with E-state index in [9.17, 15) is 8.60 Å². The summed E-state index contributed by atoms with van der Waals surface area (Å²) in [6.45, 7) is 1.93. The Morgan fingerprint density at radius 2 is 2.27 bits per heavy atom. The van der Waals surface area contributed by atoms with Gasteiger partial charge in [0.05, 0.1) is 15.8 Å². The van der Waals surface area contributed by atoms with Crippen molar-refractivity contribution in [3.05, 3.63) is 29.0 Å². The molecule has 0 aromatic heterocycles. The third-order valence-corrected chi connectivity index (χ3v) is 3.92. The maximum atomic E-state index is 12.8. The van der Waals surface area contributed by atoms with Gasteiger partial charge in [0.15, 0.2) is 0 Å². The van der Waals surface area contributed by atoms with Gasteiger partial charge in [-0.25, -0.2) is 4.39 Å². The molecule has 1 aromatic rings. The van der Waals surface area contributed by atoms with Gasteiger partial charge in [-0.2, -0.15) is 0 Å². The van der Waals surface area contributed by atoms with E-state index in [0.717, 1.165) is 0 Å². The molecular formula is C10H13ClFNOS. The Morgan fingerprint density at radius 3 is 2.80 bits per heavy atom. The Hall–Kier alpha value is -0.450. The van der Waals surface area contributed by atoms with Crippen molar-refractivity contribution in [2.75, 3.05) is 12.8 Å². The minimum atomic E-state index is -1.15. The van der Waals surface area contributed by atoms with Crippen molar-refractivity contribution in [1.82, 2.24) is 5.32 Å². The topological polar surface area (TPSA) is 29.1 Å². The van der Waals surface area contributed by atoms with Crippen LogP contribution in [-0.4, -0.2) is 23.1 Å². The number of benzene rings is 1. The van der Waals surface area contributed by atoms with Gasteiger partial charge in [0, 0.05) is 16.7 Å². The first-order valence-corrected chi connectivity index (χ1v) is 6.25. The highest BCUT2D eigenvalue weighted by Gasteiger charge is 2.10. The van der Waals surface area contributed by atoms with E-state index in [0.29, 0.717) is 10.6 Å². The Balaban J connectivity index is 2.78. The van der Waals surface area contributed by atoms with E-state index in [2.05, 4.69) is 5.32 Å². The van der Waals surface area contributed by atoms with E-state index < -0.39 is 16.6 Å². The molecule has 2 nitrogen and oxygen atoms in total. The van der Waals surface area contributed by atoms with Gasteiger partial charge in [-0.1, -0.05) is 11.6 Å². The zero-order valence-electron chi connectivity index (χ0n) is 8.59. The van der Waals surface area contributed by atoms with Crippen LogP contribution in [0.15, 0.2) is 23.1 Å². The number of hydrogen-bond acceptors (Lipinski definition) is 2. The fourth-order valence-corrected chi connectivity index (χ4v) is 2.55. The second kappa shape index (κ2) is 5.58. The zero-order chi connectivity index (χ0) is 11.4. The number of halogens is 2. The second-order valence-corrected chi connectivity index (χ2v) is 5.18. The van der Waals surface area contributed by atoms with Crippen LogP contribution >= 0.6 is 11.6 Å². The summed E-state index contributed by atoms with van der Waals surface area (Å²) in [6.07, 6.45) is 0. The first-order valence-electron chi connectivity index (χ1n) is 4.55. The molecule has 15 heavy (non-hydrogen) atoms. The predicted octanol–water partition coefficient (Wildman–Crippen LogP) is 2.19. The van der Waals surface area contributed by atoms with Gasteiger partial charge in [0.25, 0.3) is 0 Å². The first kappa shape index (κ1) is 12.6. The molecule has 0 bridgehead atoms. The van der Waals surface area contributed by atoms with Crippen LogP contribution in [0.1, 0.15) is 6.92 Å². The normalized spacial score (nSPS) is 14.9. The van der Waals surface area contributed by atoms with Gasteiger partial charge < -0.3 is 5.32 Å². The summed E-state index contributed by atoms with van der Waals surface area (Å²) < 4.78 is 24.6. The minimum absolute atomic E-state index is 0.0120. The van der Waals surface area contributed by atoms with E-state index in [1.165, 1.54) is 18.2 Å². The van der Waals surface area contributed by atoms with E-state index in [4.69, 9.17) is 11.6 Å². The van der Waals surface area contributed by atoms with Gasteiger partial charge in [-0.15, -0.1) is 0 Å². The molecule has 2 unspecified atom stereocenters. The van der Waals surface area contributed by atoms with Crippen LogP contribution in [0.3, 0.4) is 0 Å². The van der Waals surface area contributed by atoms with Gasteiger partial charge in [-0.05, 0) is 32.2 Å². The molecule has 1 rings (SSSR count). The summed E-state index contributed by atoms with van der Waals surface area (Å²) in [5, 5.41) is 3.00. The highest BCUT2D eigenvalue weighted by molar-refractivity contribution is 7.85. The molecule has 0 saturated carbocycles. The molecule has 0 aliphatic heterocycles. The smallest absolute Gasteiger partial charge is 0.141 e. The van der Waals surface area contributed by atoms with Crippen molar-refractivity contribution in [2.24, 2.45) is 0 Å². The van der Waals surface area contributed by atoms with Crippen molar-refractivity contribution in [1.29, 1.82) is 0 Å². The molecule has 0 spiro atoms. The number of rotatable bonds is 4. The van der Waals surface area contributed by atoms with Crippen LogP contribution < -0.4 is 5.32 Å². The monoisotopic (exact) mass is 249 g/mol. The average Bonchev–Trinajstić information content (AvgIpc) is 2.21. The van der Waals surface area contributed by atoms with Crippen molar-refractivity contribution in [2.45, 2.75) is 17.9 Å². The average molecular weight is 250 g/mol. The summed E-state index contributed by atoms with van der Waals surface area (Å²) in [5.41, 5.74) is 0. The van der Waals surface area contributed by atoms with Crippen LogP contribution in [0, 0.1) is 5.82 Å². The third-order valence-electron chi connectivity index (χ3n) is 2.05. The summed E-state index contributed by atoms with van der Waals surface area (Å²) in [5.74, 6) is -0.00238. The quantitative estimate of drug-likeness (QED) is 0.887. The van der Waals surface area contributed by atoms with Gasteiger partial charge in [0.1, 0.15) is 5.82 Å². The van der Waals surface area contributed by atoms with Gasteiger partial charge in [0.2, 0.25) is 0 Å². The van der Waals surface area contributed by atoms with Crippen LogP contribution in [0.4, 0.5) is 4.39 Å². The molecule has 0 aliphatic rings. The largest absolute Gasteiger partial charge is 0.316 e. The van der Waals surface area contributed by atoms with Crippen LogP contribution in [-0.2, 0) is 10.8 Å². The molecule has 1 aromatic carbocycles. The zero-order valence-corrected chi connectivity index (χ0v) is 10.2. The lowest BCUT2D eigenvalue weighted by Crippen LogP contribution is -2.27. The molecular weight excluding hydrogens is 237 g/mol. The van der Waals surface area contributed by atoms with E-state index in [1.54, 1.807) is 7.05 Å². The lowest BCUT2D eigenvalue weighted by molar-refractivity contribution is 0.626. The fourth-order valence-electron chi connectivity index (χ4n) is 1.03. The maximum absolute atomic E-state index is 12.8. The summed E-state index contributed by atoms with van der Waals surface area (Å²) in [4.78, 5) is 0.559. The van der Waals surface area contributed by atoms with E-state index in [1.807, 2.05) is 6.92 Å². The summed E-state index contributed by atoms with van der Waals surface area (Å²) >= 11 is 5.60. The van der Waals surface area contributed by atoms with Crippen molar-refractivity contribution in [3.8, 4) is 0 Å². The molecule has 0 amide bonds. The Labute approximate surface area is 96.3 Å². The minimum Gasteiger partial charge on any atom is -0.316 e. The summed E-state index contributed by atoms with van der Waals surface area (Å²) in [6, 6.07) is 4.30. The Bertz CT molecular complexity index is 372. The first-order chi connectivity index (χ1) is 7.04. The highest BCUT2D eigenvalue weighted by atomic mass is 35.5. The Morgan fingerprint density at radius 1 is 1.60 bits per heavy atom. The molecule has 0 radical (unpaired) electrons. The summed E-state index contributed by atoms with van der Waals surface area (Å²) in [7, 11) is 0.660. The lowest BCUT2D eigenvalue weighted by Gasteiger charge is -2.09. The SMILES string of the molecule is CNC(C)CS(=O)c1ccc(F)c(Cl)c1. The molecule has 1 N–H and O–H groups in total. The molecule has 0 heterocycles. The van der Waals surface area contributed by atoms with Crippen molar-refractivity contribution < 1.29 is 8.60 Å². The Kier molecular flexibility index (Phi) is 4.70.